The molecule has 2 aromatic carbocycles. The minimum absolute atomic E-state index is 0.128. The molecule has 0 unspecified atom stereocenters. The van der Waals surface area contributed by atoms with Crippen molar-refractivity contribution in [2.45, 2.75) is 5.16 Å². The van der Waals surface area contributed by atoms with Crippen molar-refractivity contribution in [1.29, 1.82) is 0 Å². The van der Waals surface area contributed by atoms with E-state index in [1.165, 1.54) is 16.4 Å². The van der Waals surface area contributed by atoms with E-state index in [1.807, 2.05) is 54.6 Å². The van der Waals surface area contributed by atoms with Gasteiger partial charge in [-0.1, -0.05) is 58.0 Å². The lowest BCUT2D eigenvalue weighted by atomic mass is 10.2. The predicted molar refractivity (Wildman–Crippen MR) is 99.1 cm³/mol. The molecule has 0 aliphatic carbocycles. The number of hydrogen-bond acceptors (Lipinski definition) is 5. The number of nitrogens with one attached hydrogen (secondary N) is 1. The normalized spacial score (nSPS) is 10.5. The minimum Gasteiger partial charge on any atom is -0.335 e. The molecular weight excluding hydrogens is 390 g/mol. The number of nitrogens with two attached hydrogens (primary N) is 1. The van der Waals surface area contributed by atoms with Crippen LogP contribution in [-0.4, -0.2) is 26.5 Å². The van der Waals surface area contributed by atoms with E-state index in [1.54, 1.807) is 0 Å². The summed E-state index contributed by atoms with van der Waals surface area (Å²) in [5.41, 5.74) is 1.60. The maximum atomic E-state index is 12.0. The average Bonchev–Trinajstić information content (AvgIpc) is 2.95. The van der Waals surface area contributed by atoms with Crippen molar-refractivity contribution in [3.63, 3.8) is 0 Å². The van der Waals surface area contributed by atoms with Crippen LogP contribution < -0.4 is 11.2 Å². The molecule has 0 spiro atoms. The molecule has 0 saturated carbocycles. The van der Waals surface area contributed by atoms with Gasteiger partial charge in [-0.25, -0.2) is 4.68 Å². The fraction of sp³-hybridized carbons (Fsp3) is 0.0625. The Bertz CT molecular complexity index is 853. The fourth-order valence-corrected chi connectivity index (χ4v) is 3.17. The molecule has 3 rings (SSSR count). The number of rotatable bonds is 5. The number of carbonyl (C=O) groups excluding carboxylic acids is 1. The zero-order valence-electron chi connectivity index (χ0n) is 12.5. The second kappa shape index (κ2) is 7.50. The summed E-state index contributed by atoms with van der Waals surface area (Å²) in [6.45, 7) is 0. The average molecular weight is 404 g/mol. The summed E-state index contributed by atoms with van der Waals surface area (Å²) in [6.07, 6.45) is 0. The molecule has 0 radical (unpaired) electrons. The van der Waals surface area contributed by atoms with E-state index in [2.05, 4.69) is 31.4 Å². The third-order valence-corrected chi connectivity index (χ3v) is 4.80. The number of thioether (sulfide) groups is 1. The number of halogens is 1. The Morgan fingerprint density at radius 2 is 1.83 bits per heavy atom. The number of para-hydroxylation sites is 1. The number of carbonyl (C=O) groups is 1. The van der Waals surface area contributed by atoms with Gasteiger partial charge in [-0.3, -0.25) is 4.79 Å². The predicted octanol–water partition coefficient (Wildman–Crippen LogP) is 3.15. The van der Waals surface area contributed by atoms with Crippen molar-refractivity contribution < 1.29 is 4.79 Å². The number of aromatic nitrogens is 3. The second-order valence-corrected chi connectivity index (χ2v) is 6.66. The van der Waals surface area contributed by atoms with Gasteiger partial charge in [-0.05, 0) is 24.3 Å². The highest BCUT2D eigenvalue weighted by molar-refractivity contribution is 9.10. The topological polar surface area (TPSA) is 85.8 Å². The summed E-state index contributed by atoms with van der Waals surface area (Å²) < 4.78 is 2.27. The number of amides is 1. The van der Waals surface area contributed by atoms with Gasteiger partial charge >= 0.3 is 0 Å². The second-order valence-electron chi connectivity index (χ2n) is 4.86. The molecule has 0 fully saturated rings. The SMILES string of the molecule is Nn1c(SCC(=O)Nc2ccccc2)nnc1-c1ccccc1Br. The Balaban J connectivity index is 1.67. The number of nitrogens with zero attached hydrogens (tertiary/aromatic N) is 3. The van der Waals surface area contributed by atoms with Gasteiger partial charge in [-0.2, -0.15) is 0 Å². The third kappa shape index (κ3) is 3.77. The minimum atomic E-state index is -0.128. The highest BCUT2D eigenvalue weighted by atomic mass is 79.9. The smallest absolute Gasteiger partial charge is 0.234 e. The summed E-state index contributed by atoms with van der Waals surface area (Å²) >= 11 is 4.70. The summed E-state index contributed by atoms with van der Waals surface area (Å²) in [4.78, 5) is 12.0. The van der Waals surface area contributed by atoms with Gasteiger partial charge in [-0.15, -0.1) is 10.2 Å². The Hall–Kier alpha value is -2.32. The first-order chi connectivity index (χ1) is 11.6. The molecule has 0 atom stereocenters. The van der Waals surface area contributed by atoms with Crippen molar-refractivity contribution in [2.75, 3.05) is 16.9 Å². The molecule has 0 aliphatic rings. The van der Waals surface area contributed by atoms with Crippen LogP contribution in [0.2, 0.25) is 0 Å². The van der Waals surface area contributed by atoms with E-state index in [0.717, 1.165) is 15.7 Å². The molecule has 122 valence electrons. The highest BCUT2D eigenvalue weighted by Gasteiger charge is 2.15. The molecular formula is C16H14BrN5OS. The van der Waals surface area contributed by atoms with Gasteiger partial charge in [0.15, 0.2) is 5.82 Å². The van der Waals surface area contributed by atoms with Crippen molar-refractivity contribution >= 4 is 39.3 Å². The zero-order chi connectivity index (χ0) is 16.9. The van der Waals surface area contributed by atoms with E-state index >= 15 is 0 Å². The van der Waals surface area contributed by atoms with Crippen LogP contribution in [-0.2, 0) is 4.79 Å². The molecule has 6 nitrogen and oxygen atoms in total. The maximum absolute atomic E-state index is 12.0. The summed E-state index contributed by atoms with van der Waals surface area (Å²) in [6, 6.07) is 16.9. The zero-order valence-corrected chi connectivity index (χ0v) is 14.9. The van der Waals surface area contributed by atoms with Gasteiger partial charge in [0.05, 0.1) is 5.75 Å². The van der Waals surface area contributed by atoms with Gasteiger partial charge < -0.3 is 11.2 Å². The number of nitrogen functional groups attached to an aromatic ring is 1. The first-order valence-electron chi connectivity index (χ1n) is 7.08. The van der Waals surface area contributed by atoms with E-state index in [-0.39, 0.29) is 11.7 Å². The monoisotopic (exact) mass is 403 g/mol. The highest BCUT2D eigenvalue weighted by Crippen LogP contribution is 2.27. The molecule has 0 bridgehead atoms. The van der Waals surface area contributed by atoms with E-state index in [4.69, 9.17) is 5.84 Å². The van der Waals surface area contributed by atoms with Crippen LogP contribution in [0.1, 0.15) is 0 Å². The standard InChI is InChI=1S/C16H14BrN5OS/c17-13-9-5-4-8-12(13)15-20-21-16(22(15)18)24-10-14(23)19-11-6-2-1-3-7-11/h1-9H,10,18H2,(H,19,23). The molecule has 3 N–H and O–H groups in total. The van der Waals surface area contributed by atoms with Crippen LogP contribution in [0.3, 0.4) is 0 Å². The number of benzene rings is 2. The Morgan fingerprint density at radius 1 is 1.12 bits per heavy atom. The Labute approximate surface area is 151 Å². The van der Waals surface area contributed by atoms with Gasteiger partial charge in [0, 0.05) is 15.7 Å². The Morgan fingerprint density at radius 3 is 2.58 bits per heavy atom. The summed E-state index contributed by atoms with van der Waals surface area (Å²) in [7, 11) is 0. The Kier molecular flexibility index (Phi) is 5.17. The maximum Gasteiger partial charge on any atom is 0.234 e. The van der Waals surface area contributed by atoms with Crippen LogP contribution in [0.25, 0.3) is 11.4 Å². The van der Waals surface area contributed by atoms with Crippen molar-refractivity contribution in [2.24, 2.45) is 0 Å². The molecule has 24 heavy (non-hydrogen) atoms. The van der Waals surface area contributed by atoms with Gasteiger partial charge in [0.1, 0.15) is 0 Å². The first-order valence-corrected chi connectivity index (χ1v) is 8.86. The molecule has 1 heterocycles. The lowest BCUT2D eigenvalue weighted by Crippen LogP contribution is -2.16. The number of hydrogen-bond donors (Lipinski definition) is 2. The van der Waals surface area contributed by atoms with Crippen LogP contribution in [0.4, 0.5) is 5.69 Å². The van der Waals surface area contributed by atoms with Crippen molar-refractivity contribution in [3.05, 3.63) is 59.1 Å². The number of anilines is 1. The van der Waals surface area contributed by atoms with E-state index in [9.17, 15) is 4.79 Å². The lowest BCUT2D eigenvalue weighted by Gasteiger charge is -2.06. The third-order valence-electron chi connectivity index (χ3n) is 3.17. The molecule has 3 aromatic rings. The largest absolute Gasteiger partial charge is 0.335 e. The molecule has 0 aliphatic heterocycles. The first kappa shape index (κ1) is 16.5. The lowest BCUT2D eigenvalue weighted by molar-refractivity contribution is -0.113. The molecule has 1 aromatic heterocycles. The van der Waals surface area contributed by atoms with Crippen LogP contribution in [0.15, 0.2) is 64.2 Å². The van der Waals surface area contributed by atoms with Crippen LogP contribution in [0.5, 0.6) is 0 Å². The van der Waals surface area contributed by atoms with Crippen LogP contribution >= 0.6 is 27.7 Å². The van der Waals surface area contributed by atoms with E-state index < -0.39 is 0 Å². The van der Waals surface area contributed by atoms with Crippen molar-refractivity contribution in [3.8, 4) is 11.4 Å². The molecule has 0 saturated heterocycles. The fourth-order valence-electron chi connectivity index (χ4n) is 2.05. The molecule has 8 heteroatoms. The van der Waals surface area contributed by atoms with Gasteiger partial charge in [0.2, 0.25) is 11.1 Å². The molecule has 1 amide bonds. The summed E-state index contributed by atoms with van der Waals surface area (Å²) in [5.74, 6) is 6.66. The quantitative estimate of drug-likeness (QED) is 0.504. The van der Waals surface area contributed by atoms with Crippen molar-refractivity contribution in [1.82, 2.24) is 14.9 Å². The van der Waals surface area contributed by atoms with E-state index in [0.29, 0.717) is 11.0 Å². The van der Waals surface area contributed by atoms with Gasteiger partial charge in [0.25, 0.3) is 0 Å². The summed E-state index contributed by atoms with van der Waals surface area (Å²) in [5, 5.41) is 11.5. The van der Waals surface area contributed by atoms with Crippen LogP contribution in [0, 0.1) is 0 Å².